The summed E-state index contributed by atoms with van der Waals surface area (Å²) in [6.45, 7) is 5.73. The standard InChI is InChI=1S/C18H21N3OS2/c1-12-7-8-14-16(13(12)2)19-18(24-14)21(10-9-20(3)4)17(22)15-6-5-11-23-15/h5-8,11H,9-10H2,1-4H3/p+1. The Kier molecular flexibility index (Phi) is 4.99. The van der Waals surface area contributed by atoms with Gasteiger partial charge >= 0.3 is 0 Å². The van der Waals surface area contributed by atoms with Gasteiger partial charge in [-0.1, -0.05) is 23.5 Å². The van der Waals surface area contributed by atoms with Gasteiger partial charge in [0.15, 0.2) is 5.13 Å². The van der Waals surface area contributed by atoms with Crippen LogP contribution in [0.25, 0.3) is 10.2 Å². The summed E-state index contributed by atoms with van der Waals surface area (Å²) < 4.78 is 1.13. The molecule has 1 aromatic carbocycles. The first kappa shape index (κ1) is 17.1. The zero-order valence-electron chi connectivity index (χ0n) is 14.4. The molecule has 2 aromatic heterocycles. The maximum absolute atomic E-state index is 12.9. The van der Waals surface area contributed by atoms with Crippen molar-refractivity contribution in [2.24, 2.45) is 0 Å². The van der Waals surface area contributed by atoms with Crippen LogP contribution in [0.5, 0.6) is 0 Å². The number of amides is 1. The first-order valence-corrected chi connectivity index (χ1v) is 9.68. The molecule has 0 bridgehead atoms. The number of hydrogen-bond acceptors (Lipinski definition) is 4. The van der Waals surface area contributed by atoms with Crippen LogP contribution in [0.4, 0.5) is 5.13 Å². The highest BCUT2D eigenvalue weighted by Crippen LogP contribution is 2.32. The van der Waals surface area contributed by atoms with Crippen molar-refractivity contribution in [3.8, 4) is 0 Å². The van der Waals surface area contributed by atoms with Gasteiger partial charge in [-0.2, -0.15) is 0 Å². The molecule has 0 aliphatic heterocycles. The molecule has 126 valence electrons. The summed E-state index contributed by atoms with van der Waals surface area (Å²) in [5.74, 6) is 0.0414. The molecule has 0 fully saturated rings. The maximum atomic E-state index is 12.9. The fraction of sp³-hybridized carbons (Fsp3) is 0.333. The summed E-state index contributed by atoms with van der Waals surface area (Å²) >= 11 is 3.07. The normalized spacial score (nSPS) is 11.4. The second-order valence-corrected chi connectivity index (χ2v) is 8.20. The van der Waals surface area contributed by atoms with Gasteiger partial charge in [0, 0.05) is 0 Å². The van der Waals surface area contributed by atoms with Gasteiger partial charge in [0.1, 0.15) is 0 Å². The van der Waals surface area contributed by atoms with Crippen molar-refractivity contribution >= 4 is 43.9 Å². The highest BCUT2D eigenvalue weighted by molar-refractivity contribution is 7.22. The molecule has 1 amide bonds. The van der Waals surface area contributed by atoms with Crippen molar-refractivity contribution in [1.29, 1.82) is 0 Å². The van der Waals surface area contributed by atoms with Crippen LogP contribution in [-0.4, -0.2) is 38.1 Å². The van der Waals surface area contributed by atoms with Crippen LogP contribution >= 0.6 is 22.7 Å². The van der Waals surface area contributed by atoms with E-state index >= 15 is 0 Å². The minimum Gasteiger partial charge on any atom is -0.338 e. The fourth-order valence-corrected chi connectivity index (χ4v) is 4.20. The van der Waals surface area contributed by atoms with Gasteiger partial charge in [0.05, 0.1) is 42.3 Å². The number of quaternary nitrogens is 1. The van der Waals surface area contributed by atoms with Crippen molar-refractivity contribution in [1.82, 2.24) is 4.98 Å². The van der Waals surface area contributed by atoms with Gasteiger partial charge in [-0.25, -0.2) is 4.98 Å². The Morgan fingerprint density at radius 2 is 2.04 bits per heavy atom. The monoisotopic (exact) mass is 360 g/mol. The number of hydrogen-bond donors (Lipinski definition) is 1. The lowest BCUT2D eigenvalue weighted by atomic mass is 10.1. The van der Waals surface area contributed by atoms with E-state index in [9.17, 15) is 4.79 Å². The van der Waals surface area contributed by atoms with Crippen molar-refractivity contribution < 1.29 is 9.69 Å². The molecular weight excluding hydrogens is 338 g/mol. The second kappa shape index (κ2) is 7.01. The number of thiazole rings is 1. The van der Waals surface area contributed by atoms with Gasteiger partial charge in [-0.3, -0.25) is 9.69 Å². The Bertz CT molecular complexity index is 853. The predicted octanol–water partition coefficient (Wildman–Crippen LogP) is 2.77. The Balaban J connectivity index is 2.01. The molecule has 0 radical (unpaired) electrons. The molecule has 3 rings (SSSR count). The number of likely N-dealkylation sites (N-methyl/N-ethyl adjacent to an activating group) is 1. The van der Waals surface area contributed by atoms with E-state index in [1.54, 1.807) is 11.3 Å². The Morgan fingerprint density at radius 1 is 1.25 bits per heavy atom. The van der Waals surface area contributed by atoms with E-state index < -0.39 is 0 Å². The number of nitrogens with one attached hydrogen (secondary N) is 1. The lowest BCUT2D eigenvalue weighted by Crippen LogP contribution is -3.06. The molecule has 0 spiro atoms. The molecule has 2 heterocycles. The number of benzene rings is 1. The van der Waals surface area contributed by atoms with Crippen LogP contribution in [0.15, 0.2) is 29.6 Å². The maximum Gasteiger partial charge on any atom is 0.270 e. The second-order valence-electron chi connectivity index (χ2n) is 6.24. The number of carbonyl (C=O) groups is 1. The van der Waals surface area contributed by atoms with E-state index in [0.29, 0.717) is 6.54 Å². The summed E-state index contributed by atoms with van der Waals surface area (Å²) in [6, 6.07) is 8.02. The molecule has 3 aromatic rings. The number of aromatic nitrogens is 1. The SMILES string of the molecule is Cc1ccc2sc(N(CC[NH+](C)C)C(=O)c3cccs3)nc2c1C. The van der Waals surface area contributed by atoms with Crippen LogP contribution in [0.1, 0.15) is 20.8 Å². The lowest BCUT2D eigenvalue weighted by Gasteiger charge is -2.19. The summed E-state index contributed by atoms with van der Waals surface area (Å²) in [5.41, 5.74) is 3.43. The molecule has 4 nitrogen and oxygen atoms in total. The van der Waals surface area contributed by atoms with E-state index in [1.165, 1.54) is 27.4 Å². The summed E-state index contributed by atoms with van der Waals surface area (Å²) in [7, 11) is 4.19. The number of anilines is 1. The third kappa shape index (κ3) is 3.36. The van der Waals surface area contributed by atoms with Crippen molar-refractivity contribution in [2.75, 3.05) is 32.1 Å². The summed E-state index contributed by atoms with van der Waals surface area (Å²) in [6.07, 6.45) is 0. The molecule has 0 saturated carbocycles. The van der Waals surface area contributed by atoms with E-state index in [-0.39, 0.29) is 5.91 Å². The van der Waals surface area contributed by atoms with Crippen LogP contribution in [-0.2, 0) is 0 Å². The fourth-order valence-electron chi connectivity index (χ4n) is 2.48. The topological polar surface area (TPSA) is 37.6 Å². The zero-order chi connectivity index (χ0) is 17.3. The molecule has 0 unspecified atom stereocenters. The van der Waals surface area contributed by atoms with Crippen LogP contribution in [0.2, 0.25) is 0 Å². The number of fused-ring (bicyclic) bond motifs is 1. The number of carbonyl (C=O) groups excluding carboxylic acids is 1. The van der Waals surface area contributed by atoms with E-state index in [4.69, 9.17) is 4.98 Å². The highest BCUT2D eigenvalue weighted by atomic mass is 32.1. The van der Waals surface area contributed by atoms with Crippen molar-refractivity contribution in [3.05, 3.63) is 45.6 Å². The van der Waals surface area contributed by atoms with Gasteiger partial charge in [0.25, 0.3) is 5.91 Å². The summed E-state index contributed by atoms with van der Waals surface area (Å²) in [4.78, 5) is 21.6. The molecule has 0 atom stereocenters. The molecule has 0 aliphatic carbocycles. The first-order valence-electron chi connectivity index (χ1n) is 7.98. The van der Waals surface area contributed by atoms with E-state index in [0.717, 1.165) is 26.8 Å². The number of rotatable bonds is 5. The van der Waals surface area contributed by atoms with Gasteiger partial charge in [0.2, 0.25) is 0 Å². The Labute approximate surface area is 150 Å². The third-order valence-electron chi connectivity index (χ3n) is 4.12. The molecule has 6 heteroatoms. The Morgan fingerprint density at radius 3 is 2.71 bits per heavy atom. The van der Waals surface area contributed by atoms with E-state index in [1.807, 2.05) is 22.4 Å². The molecule has 0 aliphatic rings. The average molecular weight is 361 g/mol. The first-order chi connectivity index (χ1) is 11.5. The zero-order valence-corrected chi connectivity index (χ0v) is 16.1. The van der Waals surface area contributed by atoms with Gasteiger partial charge < -0.3 is 4.90 Å². The molecule has 24 heavy (non-hydrogen) atoms. The van der Waals surface area contributed by atoms with Crippen molar-refractivity contribution in [3.63, 3.8) is 0 Å². The summed E-state index contributed by atoms with van der Waals surface area (Å²) in [5, 5.41) is 2.73. The minimum absolute atomic E-state index is 0.0414. The number of nitrogens with zero attached hydrogens (tertiary/aromatic N) is 2. The third-order valence-corrected chi connectivity index (χ3v) is 6.02. The molecule has 0 saturated heterocycles. The number of thiophene rings is 1. The predicted molar refractivity (Wildman–Crippen MR) is 103 cm³/mol. The van der Waals surface area contributed by atoms with Gasteiger partial charge in [-0.15, -0.1) is 11.3 Å². The van der Waals surface area contributed by atoms with Gasteiger partial charge in [-0.05, 0) is 42.5 Å². The minimum atomic E-state index is 0.0414. The van der Waals surface area contributed by atoms with Crippen LogP contribution in [0, 0.1) is 13.8 Å². The largest absolute Gasteiger partial charge is 0.338 e. The smallest absolute Gasteiger partial charge is 0.270 e. The molecule has 1 N–H and O–H groups in total. The van der Waals surface area contributed by atoms with Crippen LogP contribution < -0.4 is 9.80 Å². The number of aryl methyl sites for hydroxylation is 2. The quantitative estimate of drug-likeness (QED) is 0.760. The Hall–Kier alpha value is -1.76. The van der Waals surface area contributed by atoms with Crippen LogP contribution in [0.3, 0.4) is 0 Å². The molecular formula is C18H22N3OS2+. The lowest BCUT2D eigenvalue weighted by molar-refractivity contribution is -0.856. The highest BCUT2D eigenvalue weighted by Gasteiger charge is 2.23. The van der Waals surface area contributed by atoms with Crippen molar-refractivity contribution in [2.45, 2.75) is 13.8 Å². The average Bonchev–Trinajstić information content (AvgIpc) is 3.20. The van der Waals surface area contributed by atoms with E-state index in [2.05, 4.69) is 40.1 Å².